The van der Waals surface area contributed by atoms with Crippen molar-refractivity contribution in [2.24, 2.45) is 11.8 Å². The Morgan fingerprint density at radius 1 is 0.812 bits per heavy atom. The third kappa shape index (κ3) is 5.05. The topological polar surface area (TPSA) is 36.9 Å². The highest BCUT2D eigenvalue weighted by Crippen LogP contribution is 2.35. The van der Waals surface area contributed by atoms with Crippen LogP contribution in [0.25, 0.3) is 0 Å². The summed E-state index contributed by atoms with van der Waals surface area (Å²) in [7, 11) is 0. The molecule has 0 spiro atoms. The van der Waals surface area contributed by atoms with E-state index in [9.17, 15) is 22.0 Å². The summed E-state index contributed by atoms with van der Waals surface area (Å²) in [6.45, 7) is 3.02. The minimum absolute atomic E-state index is 0.0533. The summed E-state index contributed by atoms with van der Waals surface area (Å²) in [6, 6.07) is 3.53. The quantitative estimate of drug-likeness (QED) is 0.442. The largest absolute Gasteiger partial charge is 0.488 e. The van der Waals surface area contributed by atoms with E-state index in [1.54, 1.807) is 0 Å². The van der Waals surface area contributed by atoms with E-state index in [0.29, 0.717) is 49.9 Å². The third-order valence-electron chi connectivity index (χ3n) is 5.66. The molecule has 2 fully saturated rings. The molecule has 4 nitrogen and oxygen atoms in total. The van der Waals surface area contributed by atoms with Crippen LogP contribution >= 0.6 is 0 Å². The normalized spacial score (nSPS) is 26.2. The molecular weight excluding hydrogens is 435 g/mol. The van der Waals surface area contributed by atoms with Crippen molar-refractivity contribution in [2.45, 2.75) is 38.8 Å². The van der Waals surface area contributed by atoms with Gasteiger partial charge in [-0.2, -0.15) is 0 Å². The zero-order chi connectivity index (χ0) is 22.8. The SMILES string of the molecule is CC1COC(C2CCC(c3cc(F)c(COc4cc(F)c(F)c(F)c4)c(F)c3)OC2)OC1. The van der Waals surface area contributed by atoms with E-state index < -0.39 is 47.4 Å². The van der Waals surface area contributed by atoms with Crippen LogP contribution in [-0.4, -0.2) is 26.1 Å². The molecule has 0 aromatic heterocycles. The van der Waals surface area contributed by atoms with E-state index >= 15 is 0 Å². The highest BCUT2D eigenvalue weighted by molar-refractivity contribution is 5.29. The molecule has 0 bridgehead atoms. The van der Waals surface area contributed by atoms with Crippen LogP contribution < -0.4 is 4.74 Å². The van der Waals surface area contributed by atoms with Gasteiger partial charge < -0.3 is 18.9 Å². The van der Waals surface area contributed by atoms with E-state index in [4.69, 9.17) is 18.9 Å². The minimum atomic E-state index is -1.65. The predicted octanol–water partition coefficient (Wildman–Crippen LogP) is 5.44. The Morgan fingerprint density at radius 3 is 2.00 bits per heavy atom. The summed E-state index contributed by atoms with van der Waals surface area (Å²) in [5, 5.41) is 0. The highest BCUT2D eigenvalue weighted by Gasteiger charge is 2.33. The average molecular weight is 458 g/mol. The average Bonchev–Trinajstić information content (AvgIpc) is 2.77. The Bertz CT molecular complexity index is 907. The van der Waals surface area contributed by atoms with Gasteiger partial charge in [-0.25, -0.2) is 22.0 Å². The monoisotopic (exact) mass is 458 g/mol. The number of hydrogen-bond donors (Lipinski definition) is 0. The summed E-state index contributed by atoms with van der Waals surface area (Å²) >= 11 is 0. The molecule has 0 aliphatic carbocycles. The molecule has 32 heavy (non-hydrogen) atoms. The van der Waals surface area contributed by atoms with Crippen LogP contribution in [0.2, 0.25) is 0 Å². The van der Waals surface area contributed by atoms with Gasteiger partial charge >= 0.3 is 0 Å². The maximum atomic E-state index is 14.6. The minimum Gasteiger partial charge on any atom is -0.488 e. The van der Waals surface area contributed by atoms with Gasteiger partial charge in [-0.15, -0.1) is 0 Å². The predicted molar refractivity (Wildman–Crippen MR) is 103 cm³/mol. The second-order valence-corrected chi connectivity index (χ2v) is 8.25. The zero-order valence-corrected chi connectivity index (χ0v) is 17.4. The molecule has 2 aromatic rings. The molecule has 2 saturated heterocycles. The van der Waals surface area contributed by atoms with Gasteiger partial charge in [-0.3, -0.25) is 0 Å². The molecule has 0 amide bonds. The van der Waals surface area contributed by atoms with Crippen molar-refractivity contribution < 1.29 is 40.9 Å². The van der Waals surface area contributed by atoms with Crippen molar-refractivity contribution in [2.75, 3.05) is 19.8 Å². The summed E-state index contributed by atoms with van der Waals surface area (Å²) < 4.78 is 91.0. The molecule has 0 N–H and O–H groups in total. The van der Waals surface area contributed by atoms with Gasteiger partial charge in [0.05, 0.1) is 31.5 Å². The van der Waals surface area contributed by atoms with Crippen LogP contribution in [0.15, 0.2) is 24.3 Å². The molecule has 2 aliphatic rings. The van der Waals surface area contributed by atoms with Gasteiger partial charge in [0.2, 0.25) is 0 Å². The number of benzene rings is 2. The van der Waals surface area contributed by atoms with Crippen LogP contribution in [-0.2, 0) is 20.8 Å². The summed E-state index contributed by atoms with van der Waals surface area (Å²) in [5.41, 5.74) is -0.0640. The zero-order valence-electron chi connectivity index (χ0n) is 17.4. The van der Waals surface area contributed by atoms with Crippen molar-refractivity contribution in [3.63, 3.8) is 0 Å². The summed E-state index contributed by atoms with van der Waals surface area (Å²) in [6.07, 6.45) is 0.459. The number of rotatable bonds is 5. The molecule has 2 heterocycles. The van der Waals surface area contributed by atoms with Crippen molar-refractivity contribution in [1.82, 2.24) is 0 Å². The molecular formula is C23H23F5O4. The van der Waals surface area contributed by atoms with Gasteiger partial charge in [0, 0.05) is 24.0 Å². The molecule has 0 radical (unpaired) electrons. The Balaban J connectivity index is 1.38. The molecule has 0 saturated carbocycles. The van der Waals surface area contributed by atoms with Crippen molar-refractivity contribution in [1.29, 1.82) is 0 Å². The standard InChI is InChI=1S/C23H23F5O4/c1-12-8-31-23(32-9-12)13-2-3-21(30-10-13)14-4-17(24)16(18(25)5-14)11-29-15-6-19(26)22(28)20(27)7-15/h4-7,12-13,21,23H,2-3,8-11H2,1H3. The molecule has 2 atom stereocenters. The second-order valence-electron chi connectivity index (χ2n) is 8.25. The summed E-state index contributed by atoms with van der Waals surface area (Å²) in [5.74, 6) is -6.29. The van der Waals surface area contributed by atoms with Crippen molar-refractivity contribution in [3.8, 4) is 5.75 Å². The van der Waals surface area contributed by atoms with Crippen LogP contribution in [0.3, 0.4) is 0 Å². The molecule has 2 aromatic carbocycles. The Labute approximate surface area is 182 Å². The van der Waals surface area contributed by atoms with Gasteiger partial charge in [-0.1, -0.05) is 6.92 Å². The van der Waals surface area contributed by atoms with Gasteiger partial charge in [-0.05, 0) is 30.5 Å². The van der Waals surface area contributed by atoms with E-state index in [0.717, 1.165) is 18.6 Å². The fourth-order valence-electron chi connectivity index (χ4n) is 3.85. The van der Waals surface area contributed by atoms with E-state index in [2.05, 4.69) is 0 Å². The van der Waals surface area contributed by atoms with Crippen molar-refractivity contribution >= 4 is 0 Å². The highest BCUT2D eigenvalue weighted by atomic mass is 19.2. The van der Waals surface area contributed by atoms with Crippen LogP contribution in [0, 0.1) is 40.9 Å². The maximum Gasteiger partial charge on any atom is 0.194 e. The van der Waals surface area contributed by atoms with E-state index in [-0.39, 0.29) is 18.0 Å². The molecule has 2 unspecified atom stereocenters. The number of ether oxygens (including phenoxy) is 4. The second kappa shape index (κ2) is 9.72. The van der Waals surface area contributed by atoms with Gasteiger partial charge in [0.15, 0.2) is 23.7 Å². The molecule has 174 valence electrons. The van der Waals surface area contributed by atoms with E-state index in [1.807, 2.05) is 6.92 Å². The molecule has 4 rings (SSSR count). The number of halogens is 5. The maximum absolute atomic E-state index is 14.6. The molecule has 2 aliphatic heterocycles. The van der Waals surface area contributed by atoms with Crippen LogP contribution in [0.1, 0.15) is 37.0 Å². The smallest absolute Gasteiger partial charge is 0.194 e. The van der Waals surface area contributed by atoms with Gasteiger partial charge in [0.25, 0.3) is 0 Å². The Hall–Kier alpha value is -2.23. The lowest BCUT2D eigenvalue weighted by Gasteiger charge is -2.37. The van der Waals surface area contributed by atoms with Crippen molar-refractivity contribution in [3.05, 3.63) is 64.5 Å². The lowest BCUT2D eigenvalue weighted by atomic mass is 9.93. The van der Waals surface area contributed by atoms with Crippen LogP contribution in [0.5, 0.6) is 5.75 Å². The first-order valence-electron chi connectivity index (χ1n) is 10.4. The van der Waals surface area contributed by atoms with Gasteiger partial charge in [0.1, 0.15) is 24.0 Å². The third-order valence-corrected chi connectivity index (χ3v) is 5.66. The molecule has 9 heteroatoms. The Kier molecular flexibility index (Phi) is 6.97. The fraction of sp³-hybridized carbons (Fsp3) is 0.478. The van der Waals surface area contributed by atoms with E-state index in [1.165, 1.54) is 0 Å². The first kappa shape index (κ1) is 22.9. The lowest BCUT2D eigenvalue weighted by molar-refractivity contribution is -0.239. The fourth-order valence-corrected chi connectivity index (χ4v) is 3.85. The first-order valence-corrected chi connectivity index (χ1v) is 10.4. The van der Waals surface area contributed by atoms with Crippen LogP contribution in [0.4, 0.5) is 22.0 Å². The summed E-state index contributed by atoms with van der Waals surface area (Å²) in [4.78, 5) is 0. The number of hydrogen-bond acceptors (Lipinski definition) is 4. The first-order chi connectivity index (χ1) is 15.3. The Morgan fingerprint density at radius 2 is 1.44 bits per heavy atom. The lowest BCUT2D eigenvalue weighted by Crippen LogP contribution is -2.39.